The van der Waals surface area contributed by atoms with Crippen LogP contribution < -0.4 is 5.32 Å². The summed E-state index contributed by atoms with van der Waals surface area (Å²) in [5, 5.41) is 2.92. The van der Waals surface area contributed by atoms with Gasteiger partial charge in [0.15, 0.2) is 0 Å². The highest BCUT2D eigenvalue weighted by Gasteiger charge is 2.46. The Bertz CT molecular complexity index is 1030. The quantitative estimate of drug-likeness (QED) is 0.825. The molecule has 2 aromatic rings. The van der Waals surface area contributed by atoms with E-state index < -0.39 is 15.4 Å². The highest BCUT2D eigenvalue weighted by atomic mass is 32.2. The average Bonchev–Trinajstić information content (AvgIpc) is 2.57. The van der Waals surface area contributed by atoms with Gasteiger partial charge in [-0.1, -0.05) is 18.6 Å². The van der Waals surface area contributed by atoms with Gasteiger partial charge in [-0.3, -0.25) is 4.79 Å². The summed E-state index contributed by atoms with van der Waals surface area (Å²) >= 11 is 0. The van der Waals surface area contributed by atoms with Crippen LogP contribution in [0.4, 0.5) is 10.1 Å². The highest BCUT2D eigenvalue weighted by Crippen LogP contribution is 2.45. The van der Waals surface area contributed by atoms with Crippen LogP contribution in [0.5, 0.6) is 0 Å². The molecule has 0 bridgehead atoms. The van der Waals surface area contributed by atoms with Crippen LogP contribution in [0.1, 0.15) is 36.0 Å². The van der Waals surface area contributed by atoms with Gasteiger partial charge in [-0.05, 0) is 67.6 Å². The summed E-state index contributed by atoms with van der Waals surface area (Å²) in [5.41, 5.74) is 1.92. The van der Waals surface area contributed by atoms with E-state index >= 15 is 0 Å². The summed E-state index contributed by atoms with van der Waals surface area (Å²) in [6.45, 7) is 3.65. The lowest BCUT2D eigenvalue weighted by atomic mass is 9.63. The van der Waals surface area contributed by atoms with Crippen molar-refractivity contribution >= 4 is 21.6 Å². The number of hydrogen-bond donors (Lipinski definition) is 1. The first-order valence-corrected chi connectivity index (χ1v) is 10.6. The first kappa shape index (κ1) is 20.5. The van der Waals surface area contributed by atoms with Gasteiger partial charge in [0.2, 0.25) is 15.9 Å². The third-order valence-corrected chi connectivity index (χ3v) is 7.48. The van der Waals surface area contributed by atoms with Gasteiger partial charge in [-0.2, -0.15) is 0 Å². The van der Waals surface area contributed by atoms with Crippen molar-refractivity contribution in [2.45, 2.75) is 43.4 Å². The van der Waals surface area contributed by atoms with Gasteiger partial charge in [0.1, 0.15) is 5.82 Å². The maximum Gasteiger partial charge on any atom is 0.242 e. The normalized spacial score (nSPS) is 15.9. The number of benzene rings is 2. The van der Waals surface area contributed by atoms with Crippen molar-refractivity contribution in [2.24, 2.45) is 0 Å². The van der Waals surface area contributed by atoms with E-state index in [1.165, 1.54) is 32.3 Å². The molecule has 7 heteroatoms. The fraction of sp³-hybridized carbons (Fsp3) is 0.381. The van der Waals surface area contributed by atoms with E-state index in [1.807, 2.05) is 13.8 Å². The van der Waals surface area contributed by atoms with Gasteiger partial charge >= 0.3 is 0 Å². The summed E-state index contributed by atoms with van der Waals surface area (Å²) < 4.78 is 39.9. The minimum atomic E-state index is -3.63. The van der Waals surface area contributed by atoms with Crippen molar-refractivity contribution in [1.29, 1.82) is 0 Å². The molecule has 1 aliphatic rings. The number of hydrogen-bond acceptors (Lipinski definition) is 3. The first-order valence-electron chi connectivity index (χ1n) is 9.19. The molecule has 0 spiro atoms. The predicted molar refractivity (Wildman–Crippen MR) is 107 cm³/mol. The number of halogens is 1. The molecule has 1 fully saturated rings. The van der Waals surface area contributed by atoms with E-state index in [0.717, 1.165) is 21.9 Å². The van der Waals surface area contributed by atoms with E-state index in [9.17, 15) is 17.6 Å². The lowest BCUT2D eigenvalue weighted by Crippen LogP contribution is -2.46. The zero-order valence-corrected chi connectivity index (χ0v) is 17.4. The molecule has 1 saturated carbocycles. The molecule has 0 unspecified atom stereocenters. The molecule has 0 heterocycles. The third-order valence-electron chi connectivity index (χ3n) is 5.69. The molecule has 0 saturated heterocycles. The Labute approximate surface area is 165 Å². The second-order valence-corrected chi connectivity index (χ2v) is 9.75. The van der Waals surface area contributed by atoms with Crippen LogP contribution in [0.25, 0.3) is 0 Å². The van der Waals surface area contributed by atoms with Crippen molar-refractivity contribution < 1.29 is 17.6 Å². The molecule has 5 nitrogen and oxygen atoms in total. The molecule has 28 heavy (non-hydrogen) atoms. The SMILES string of the molecule is Cc1cc(S(=O)(=O)N(C)C)cc(NC(=O)C2(c3cccc(F)c3)CCC2)c1C. The molecule has 2 aromatic carbocycles. The number of anilines is 1. The summed E-state index contributed by atoms with van der Waals surface area (Å²) in [5.74, 6) is -0.603. The first-order chi connectivity index (χ1) is 13.1. The van der Waals surface area contributed by atoms with Crippen LogP contribution in [0.2, 0.25) is 0 Å². The van der Waals surface area contributed by atoms with Crippen molar-refractivity contribution in [3.05, 3.63) is 58.9 Å². The summed E-state index contributed by atoms with van der Waals surface area (Å²) in [6.07, 6.45) is 2.16. The van der Waals surface area contributed by atoms with E-state index in [2.05, 4.69) is 5.32 Å². The molecular formula is C21H25FN2O3S. The Hall–Kier alpha value is -2.25. The molecule has 0 atom stereocenters. The number of rotatable bonds is 5. The lowest BCUT2D eigenvalue weighted by molar-refractivity contribution is -0.124. The third kappa shape index (κ3) is 3.44. The number of carbonyl (C=O) groups is 1. The van der Waals surface area contributed by atoms with Crippen molar-refractivity contribution in [3.63, 3.8) is 0 Å². The molecule has 0 aromatic heterocycles. The molecule has 3 rings (SSSR count). The minimum Gasteiger partial charge on any atom is -0.325 e. The molecule has 1 aliphatic carbocycles. The second kappa shape index (κ2) is 7.29. The van der Waals surface area contributed by atoms with Crippen LogP contribution in [0.15, 0.2) is 41.3 Å². The maximum atomic E-state index is 13.7. The molecule has 0 radical (unpaired) electrons. The van der Waals surface area contributed by atoms with Gasteiger partial charge in [0.05, 0.1) is 10.3 Å². The Morgan fingerprint density at radius 2 is 1.82 bits per heavy atom. The summed E-state index contributed by atoms with van der Waals surface area (Å²) in [7, 11) is -0.690. The lowest BCUT2D eigenvalue weighted by Gasteiger charge is -2.41. The Morgan fingerprint density at radius 1 is 1.14 bits per heavy atom. The summed E-state index contributed by atoms with van der Waals surface area (Å²) in [4.78, 5) is 13.3. The molecule has 1 N–H and O–H groups in total. The Balaban J connectivity index is 1.99. The number of nitrogens with zero attached hydrogens (tertiary/aromatic N) is 1. The van der Waals surface area contributed by atoms with E-state index in [1.54, 1.807) is 18.2 Å². The smallest absolute Gasteiger partial charge is 0.242 e. The fourth-order valence-electron chi connectivity index (χ4n) is 3.52. The molecule has 150 valence electrons. The van der Waals surface area contributed by atoms with Gasteiger partial charge < -0.3 is 5.32 Å². The minimum absolute atomic E-state index is 0.129. The van der Waals surface area contributed by atoms with Crippen LogP contribution in [0.3, 0.4) is 0 Å². The fourth-order valence-corrected chi connectivity index (χ4v) is 4.54. The Kier molecular flexibility index (Phi) is 5.34. The van der Waals surface area contributed by atoms with Gasteiger partial charge in [-0.15, -0.1) is 0 Å². The topological polar surface area (TPSA) is 66.5 Å². The van der Waals surface area contributed by atoms with E-state index in [0.29, 0.717) is 24.1 Å². The van der Waals surface area contributed by atoms with Gasteiger partial charge in [-0.25, -0.2) is 17.1 Å². The average molecular weight is 405 g/mol. The number of nitrogens with one attached hydrogen (secondary N) is 1. The monoisotopic (exact) mass is 404 g/mol. The number of carbonyl (C=O) groups excluding carboxylic acids is 1. The van der Waals surface area contributed by atoms with E-state index in [-0.39, 0.29) is 16.6 Å². The largest absolute Gasteiger partial charge is 0.325 e. The van der Waals surface area contributed by atoms with E-state index in [4.69, 9.17) is 0 Å². The number of sulfonamides is 1. The molecule has 0 aliphatic heterocycles. The van der Waals surface area contributed by atoms with Gasteiger partial charge in [0.25, 0.3) is 0 Å². The highest BCUT2D eigenvalue weighted by molar-refractivity contribution is 7.89. The number of amides is 1. The maximum absolute atomic E-state index is 13.7. The van der Waals surface area contributed by atoms with Crippen molar-refractivity contribution in [2.75, 3.05) is 19.4 Å². The molecule has 1 amide bonds. The van der Waals surface area contributed by atoms with Gasteiger partial charge in [0, 0.05) is 19.8 Å². The van der Waals surface area contributed by atoms with Crippen LogP contribution in [-0.2, 0) is 20.2 Å². The van der Waals surface area contributed by atoms with Crippen LogP contribution in [0, 0.1) is 19.7 Å². The zero-order chi connectivity index (χ0) is 20.7. The zero-order valence-electron chi connectivity index (χ0n) is 16.5. The van der Waals surface area contributed by atoms with Crippen molar-refractivity contribution in [3.8, 4) is 0 Å². The van der Waals surface area contributed by atoms with Crippen LogP contribution >= 0.6 is 0 Å². The predicted octanol–water partition coefficient (Wildman–Crippen LogP) is 3.75. The number of aryl methyl sites for hydroxylation is 1. The standard InChI is InChI=1S/C21H25FN2O3S/c1-14-11-18(28(26,27)24(3)4)13-19(15(14)2)23-20(25)21(9-6-10-21)16-7-5-8-17(22)12-16/h5,7-8,11-13H,6,9-10H2,1-4H3,(H,23,25). The molecular weight excluding hydrogens is 379 g/mol. The Morgan fingerprint density at radius 3 is 2.36 bits per heavy atom. The summed E-state index contributed by atoms with van der Waals surface area (Å²) in [6, 6.07) is 9.24. The van der Waals surface area contributed by atoms with Crippen molar-refractivity contribution in [1.82, 2.24) is 4.31 Å². The second-order valence-electron chi connectivity index (χ2n) is 7.60. The van der Waals surface area contributed by atoms with Crippen LogP contribution in [-0.4, -0.2) is 32.7 Å².